The van der Waals surface area contributed by atoms with E-state index in [1.807, 2.05) is 0 Å². The summed E-state index contributed by atoms with van der Waals surface area (Å²) < 4.78 is 4.37. The first-order valence-electron chi connectivity index (χ1n) is 4.35. The number of aliphatic hydroxyl groups excluding tert-OH is 1. The van der Waals surface area contributed by atoms with Crippen molar-refractivity contribution >= 4 is 30.1 Å². The van der Waals surface area contributed by atoms with Crippen molar-refractivity contribution in [2.45, 2.75) is 6.04 Å². The van der Waals surface area contributed by atoms with Gasteiger partial charge in [-0.25, -0.2) is 9.79 Å². The van der Waals surface area contributed by atoms with E-state index in [2.05, 4.69) is 19.7 Å². The number of hydrogen-bond donors (Lipinski definition) is 1. The molecule has 2 aliphatic heterocycles. The molecular weight excluding hydrogens is 214 g/mol. The van der Waals surface area contributed by atoms with Gasteiger partial charge in [0.15, 0.2) is 17.5 Å². The van der Waals surface area contributed by atoms with Gasteiger partial charge >= 0.3 is 5.97 Å². The summed E-state index contributed by atoms with van der Waals surface area (Å²) in [6, 6.07) is -0.892. The monoisotopic (exact) mass is 221 g/mol. The number of ether oxygens (including phenoxy) is 1. The lowest BCUT2D eigenvalue weighted by molar-refractivity contribution is -0.138. The second-order valence-corrected chi connectivity index (χ2v) is 3.01. The van der Waals surface area contributed by atoms with Crippen LogP contribution in [0.5, 0.6) is 0 Å². The maximum atomic E-state index is 11.4. The molecule has 0 spiro atoms. The Bertz CT molecular complexity index is 487. The number of esters is 1. The molecule has 0 aromatic heterocycles. The van der Waals surface area contributed by atoms with Crippen molar-refractivity contribution in [1.29, 1.82) is 0 Å². The summed E-state index contributed by atoms with van der Waals surface area (Å²) in [6.45, 7) is 0. The average Bonchev–Trinajstić information content (AvgIpc) is 2.28. The topological polar surface area (TPSA) is 101 Å². The number of amides is 1. The minimum Gasteiger partial charge on any atom is -0.508 e. The number of carbonyl (C=O) groups is 2. The summed E-state index contributed by atoms with van der Waals surface area (Å²) in [5.74, 6) is -2.22. The van der Waals surface area contributed by atoms with Crippen molar-refractivity contribution in [1.82, 2.24) is 0 Å². The van der Waals surface area contributed by atoms with Crippen LogP contribution >= 0.6 is 0 Å². The first kappa shape index (κ1) is 10.2. The summed E-state index contributed by atoms with van der Waals surface area (Å²) in [7, 11) is 1.11. The van der Waals surface area contributed by atoms with Gasteiger partial charge in [-0.3, -0.25) is 9.79 Å². The van der Waals surface area contributed by atoms with E-state index in [9.17, 15) is 14.7 Å². The van der Waals surface area contributed by atoms with Crippen molar-refractivity contribution in [3.8, 4) is 0 Å². The van der Waals surface area contributed by atoms with Crippen LogP contribution in [0, 0.1) is 0 Å². The molecule has 0 aromatic rings. The van der Waals surface area contributed by atoms with Crippen molar-refractivity contribution in [3.63, 3.8) is 0 Å². The summed E-state index contributed by atoms with van der Waals surface area (Å²) in [5.41, 5.74) is -0.495. The Kier molecular flexibility index (Phi) is 2.35. The molecule has 2 aliphatic rings. The molecule has 0 aliphatic carbocycles. The number of nitrogens with zero attached hydrogens (tertiary/aromatic N) is 3. The molecule has 1 amide bonds. The van der Waals surface area contributed by atoms with Crippen LogP contribution in [0.3, 0.4) is 0 Å². The van der Waals surface area contributed by atoms with Crippen molar-refractivity contribution in [2.75, 3.05) is 7.11 Å². The molecule has 0 fully saturated rings. The third kappa shape index (κ3) is 1.42. The number of fused-ring (bicyclic) bond motifs is 1. The van der Waals surface area contributed by atoms with Crippen LogP contribution < -0.4 is 0 Å². The Morgan fingerprint density at radius 1 is 1.50 bits per heavy atom. The molecule has 2 rings (SSSR count). The Labute approximate surface area is 89.9 Å². The Balaban J connectivity index is 2.48. The smallest absolute Gasteiger partial charge is 0.347 e. The van der Waals surface area contributed by atoms with Gasteiger partial charge in [0.1, 0.15) is 5.76 Å². The van der Waals surface area contributed by atoms with E-state index in [0.717, 1.165) is 7.11 Å². The Morgan fingerprint density at radius 3 is 2.94 bits per heavy atom. The van der Waals surface area contributed by atoms with Crippen LogP contribution in [0.1, 0.15) is 0 Å². The van der Waals surface area contributed by atoms with Crippen molar-refractivity contribution in [3.05, 3.63) is 11.3 Å². The lowest BCUT2D eigenvalue weighted by Crippen LogP contribution is -2.33. The number of aliphatic hydroxyl groups is 1. The van der Waals surface area contributed by atoms with E-state index in [4.69, 9.17) is 0 Å². The van der Waals surface area contributed by atoms with Gasteiger partial charge < -0.3 is 9.84 Å². The third-order valence-corrected chi connectivity index (χ3v) is 2.09. The number of aliphatic imine (C=N–C) groups is 3. The Morgan fingerprint density at radius 2 is 2.25 bits per heavy atom. The van der Waals surface area contributed by atoms with E-state index in [0.29, 0.717) is 0 Å². The third-order valence-electron chi connectivity index (χ3n) is 2.09. The van der Waals surface area contributed by atoms with Gasteiger partial charge in [-0.1, -0.05) is 0 Å². The van der Waals surface area contributed by atoms with Crippen LogP contribution in [-0.2, 0) is 14.3 Å². The lowest BCUT2D eigenvalue weighted by atomic mass is 10.0. The minimum atomic E-state index is -0.935. The molecule has 82 valence electrons. The predicted molar refractivity (Wildman–Crippen MR) is 54.9 cm³/mol. The fraction of sp³-hybridized carbons (Fsp3) is 0.222. The van der Waals surface area contributed by atoms with Crippen LogP contribution in [0.4, 0.5) is 0 Å². The number of carbonyl (C=O) groups excluding carboxylic acids is 2. The average molecular weight is 221 g/mol. The maximum absolute atomic E-state index is 11.4. The zero-order chi connectivity index (χ0) is 11.7. The van der Waals surface area contributed by atoms with Crippen LogP contribution in [0.25, 0.3) is 0 Å². The molecule has 7 nitrogen and oxygen atoms in total. The maximum Gasteiger partial charge on any atom is 0.347 e. The summed E-state index contributed by atoms with van der Waals surface area (Å²) in [4.78, 5) is 33.9. The number of methoxy groups -OCH3 is 1. The van der Waals surface area contributed by atoms with Crippen molar-refractivity contribution < 1.29 is 19.4 Å². The normalized spacial score (nSPS) is 22.9. The lowest BCUT2D eigenvalue weighted by Gasteiger charge is -2.19. The number of dihydropyridines is 1. The minimum absolute atomic E-state index is 0.0673. The zero-order valence-electron chi connectivity index (χ0n) is 8.25. The van der Waals surface area contributed by atoms with E-state index >= 15 is 0 Å². The van der Waals surface area contributed by atoms with Crippen LogP contribution in [0.2, 0.25) is 0 Å². The second-order valence-electron chi connectivity index (χ2n) is 3.01. The van der Waals surface area contributed by atoms with Gasteiger partial charge in [0.2, 0.25) is 0 Å². The summed E-state index contributed by atoms with van der Waals surface area (Å²) in [5, 5.41) is 9.73. The summed E-state index contributed by atoms with van der Waals surface area (Å²) >= 11 is 0. The molecule has 0 radical (unpaired) electrons. The molecule has 7 heteroatoms. The van der Waals surface area contributed by atoms with Crippen LogP contribution in [-0.4, -0.2) is 48.4 Å². The predicted octanol–water partition coefficient (Wildman–Crippen LogP) is -0.566. The van der Waals surface area contributed by atoms with Crippen molar-refractivity contribution in [2.24, 2.45) is 15.0 Å². The van der Waals surface area contributed by atoms with E-state index in [-0.39, 0.29) is 5.84 Å². The molecule has 0 saturated carbocycles. The highest BCUT2D eigenvalue weighted by atomic mass is 16.5. The molecule has 1 unspecified atom stereocenters. The van der Waals surface area contributed by atoms with Gasteiger partial charge in [0, 0.05) is 12.4 Å². The number of amidine groups is 1. The fourth-order valence-electron chi connectivity index (χ4n) is 1.35. The summed E-state index contributed by atoms with van der Waals surface area (Å²) in [6.07, 6.45) is 2.70. The molecule has 2 heterocycles. The number of rotatable bonds is 1. The molecular formula is C9H7N3O4. The first-order chi connectivity index (χ1) is 7.65. The molecule has 1 atom stereocenters. The molecule has 1 N–H and O–H groups in total. The molecule has 0 saturated heterocycles. The van der Waals surface area contributed by atoms with Gasteiger partial charge in [-0.2, -0.15) is 4.99 Å². The molecule has 0 bridgehead atoms. The Hall–Kier alpha value is -2.31. The zero-order valence-corrected chi connectivity index (χ0v) is 8.25. The largest absolute Gasteiger partial charge is 0.508 e. The van der Waals surface area contributed by atoms with E-state index in [1.54, 1.807) is 0 Å². The SMILES string of the molecule is COC(=O)C1=C(O)C2N=CC=NC2=NC1=O. The highest BCUT2D eigenvalue weighted by Crippen LogP contribution is 2.21. The molecule has 0 aromatic carbocycles. The van der Waals surface area contributed by atoms with E-state index in [1.165, 1.54) is 12.4 Å². The second kappa shape index (κ2) is 3.69. The quantitative estimate of drug-likeness (QED) is 0.473. The highest BCUT2D eigenvalue weighted by molar-refractivity contribution is 6.27. The van der Waals surface area contributed by atoms with Gasteiger partial charge in [0.05, 0.1) is 7.11 Å². The fourth-order valence-corrected chi connectivity index (χ4v) is 1.35. The number of hydrogen-bond acceptors (Lipinski definition) is 6. The molecule has 16 heavy (non-hydrogen) atoms. The van der Waals surface area contributed by atoms with Gasteiger partial charge in [-0.05, 0) is 0 Å². The van der Waals surface area contributed by atoms with Gasteiger partial charge in [0.25, 0.3) is 5.91 Å². The first-order valence-corrected chi connectivity index (χ1v) is 4.35. The highest BCUT2D eigenvalue weighted by Gasteiger charge is 2.36. The van der Waals surface area contributed by atoms with Crippen LogP contribution in [0.15, 0.2) is 26.3 Å². The van der Waals surface area contributed by atoms with E-state index < -0.39 is 29.3 Å². The van der Waals surface area contributed by atoms with Gasteiger partial charge in [-0.15, -0.1) is 0 Å². The standard InChI is InChI=1S/C9H7N3O4/c1-16-9(15)4-6(13)5-7(12-8(4)14)11-3-2-10-5/h2-3,5,13H,1H3.